The van der Waals surface area contributed by atoms with Crippen molar-refractivity contribution in [2.45, 2.75) is 43.9 Å². The third-order valence-corrected chi connectivity index (χ3v) is 3.62. The number of amides is 1. The van der Waals surface area contributed by atoms with Gasteiger partial charge in [-0.05, 0) is 18.2 Å². The Morgan fingerprint density at radius 3 is 2.11 bits per heavy atom. The first-order chi connectivity index (χ1) is 12.4. The number of alkyl halides is 6. The van der Waals surface area contributed by atoms with Crippen molar-refractivity contribution in [1.29, 1.82) is 0 Å². The molecule has 1 N–H and O–H groups in total. The number of nitrogens with one attached hydrogen (secondary N) is 1. The average molecular weight is 419 g/mol. The minimum atomic E-state index is -5.08. The molecule has 11 heteroatoms. The number of ether oxygens (including phenoxy) is 1. The maximum absolute atomic E-state index is 12.1. The fourth-order valence-electron chi connectivity index (χ4n) is 1.24. The van der Waals surface area contributed by atoms with Crippen molar-refractivity contribution in [3.05, 3.63) is 24.3 Å². The molecular formula is C16H19F6NO3S. The number of thioether (sulfide) groups is 1. The summed E-state index contributed by atoms with van der Waals surface area (Å²) in [4.78, 5) is 21.6. The van der Waals surface area contributed by atoms with E-state index in [0.717, 1.165) is 11.8 Å². The SMILES string of the molecule is CCCC.O=C(Nc1cccc(SCCOC(=O)C(F)(F)F)c1)C(F)(F)F. The first kappa shape index (κ1) is 25.1. The van der Waals surface area contributed by atoms with Crippen molar-refractivity contribution in [2.24, 2.45) is 0 Å². The molecule has 0 radical (unpaired) electrons. The molecule has 1 rings (SSSR count). The number of esters is 1. The molecule has 0 spiro atoms. The second-order valence-electron chi connectivity index (χ2n) is 4.96. The number of halogens is 6. The van der Waals surface area contributed by atoms with Crippen LogP contribution in [0.3, 0.4) is 0 Å². The van der Waals surface area contributed by atoms with E-state index in [1.807, 2.05) is 0 Å². The number of hydrogen-bond donors (Lipinski definition) is 1. The minimum Gasteiger partial charge on any atom is -0.458 e. The molecule has 0 aromatic heterocycles. The van der Waals surface area contributed by atoms with E-state index in [-0.39, 0.29) is 11.4 Å². The summed E-state index contributed by atoms with van der Waals surface area (Å²) in [6.07, 6.45) is -7.47. The molecule has 0 saturated carbocycles. The van der Waals surface area contributed by atoms with Crippen LogP contribution in [-0.2, 0) is 14.3 Å². The van der Waals surface area contributed by atoms with Gasteiger partial charge in [0.05, 0.1) is 0 Å². The fraction of sp³-hybridized carbons (Fsp3) is 0.500. The standard InChI is InChI=1S/C12H9F6NO3S.C4H10/c13-11(14,15)9(20)19-7-2-1-3-8(6-7)23-5-4-22-10(21)12(16,17)18;1-3-4-2/h1-3,6H,4-5H2,(H,19,20);3-4H2,1-2H3. The Morgan fingerprint density at radius 2 is 1.63 bits per heavy atom. The number of carbonyl (C=O) groups is 2. The molecule has 0 aliphatic rings. The Morgan fingerprint density at radius 1 is 1.04 bits per heavy atom. The zero-order valence-electron chi connectivity index (χ0n) is 14.5. The molecule has 1 amide bonds. The maximum Gasteiger partial charge on any atom is 0.490 e. The molecule has 0 saturated heterocycles. The third kappa shape index (κ3) is 11.4. The highest BCUT2D eigenvalue weighted by Crippen LogP contribution is 2.24. The highest BCUT2D eigenvalue weighted by Gasteiger charge is 2.40. The Bertz CT molecular complexity index is 603. The van der Waals surface area contributed by atoms with Gasteiger partial charge in [0.2, 0.25) is 0 Å². The van der Waals surface area contributed by atoms with Crippen LogP contribution in [0.15, 0.2) is 29.2 Å². The van der Waals surface area contributed by atoms with Crippen molar-refractivity contribution in [3.63, 3.8) is 0 Å². The van der Waals surface area contributed by atoms with Gasteiger partial charge in [-0.15, -0.1) is 11.8 Å². The third-order valence-electron chi connectivity index (χ3n) is 2.67. The van der Waals surface area contributed by atoms with E-state index in [2.05, 4.69) is 18.6 Å². The van der Waals surface area contributed by atoms with E-state index in [1.165, 1.54) is 37.1 Å². The van der Waals surface area contributed by atoms with Crippen LogP contribution in [0.4, 0.5) is 32.0 Å². The lowest BCUT2D eigenvalue weighted by Gasteiger charge is -2.09. The van der Waals surface area contributed by atoms with Crippen LogP contribution >= 0.6 is 11.8 Å². The molecule has 0 aliphatic heterocycles. The van der Waals surface area contributed by atoms with Gasteiger partial charge in [0, 0.05) is 16.3 Å². The lowest BCUT2D eigenvalue weighted by atomic mass is 10.3. The Kier molecular flexibility index (Phi) is 10.9. The van der Waals surface area contributed by atoms with E-state index in [4.69, 9.17) is 0 Å². The van der Waals surface area contributed by atoms with Crippen molar-refractivity contribution >= 4 is 29.3 Å². The summed E-state index contributed by atoms with van der Waals surface area (Å²) in [5.41, 5.74) is -0.121. The monoisotopic (exact) mass is 419 g/mol. The quantitative estimate of drug-likeness (QED) is 0.298. The van der Waals surface area contributed by atoms with Gasteiger partial charge >= 0.3 is 24.2 Å². The summed E-state index contributed by atoms with van der Waals surface area (Å²) in [5, 5.41) is 1.64. The van der Waals surface area contributed by atoms with Gasteiger partial charge < -0.3 is 10.1 Å². The predicted molar refractivity (Wildman–Crippen MR) is 89.4 cm³/mol. The molecule has 154 valence electrons. The molecule has 0 bridgehead atoms. The van der Waals surface area contributed by atoms with E-state index >= 15 is 0 Å². The molecular weight excluding hydrogens is 400 g/mol. The van der Waals surface area contributed by atoms with Gasteiger partial charge in [-0.1, -0.05) is 32.8 Å². The number of anilines is 1. The van der Waals surface area contributed by atoms with Crippen molar-refractivity contribution in [3.8, 4) is 0 Å². The number of rotatable bonds is 6. The fourth-order valence-corrected chi connectivity index (χ4v) is 2.03. The smallest absolute Gasteiger partial charge is 0.458 e. The number of hydrogen-bond acceptors (Lipinski definition) is 4. The summed E-state index contributed by atoms with van der Waals surface area (Å²) in [6.45, 7) is 3.84. The molecule has 0 heterocycles. The van der Waals surface area contributed by atoms with Crippen molar-refractivity contribution in [1.82, 2.24) is 0 Å². The maximum atomic E-state index is 12.1. The van der Waals surface area contributed by atoms with Crippen LogP contribution in [0, 0.1) is 0 Å². The summed E-state index contributed by atoms with van der Waals surface area (Å²) in [6, 6.07) is 5.26. The van der Waals surface area contributed by atoms with Gasteiger partial charge in [0.25, 0.3) is 0 Å². The van der Waals surface area contributed by atoms with Crippen LogP contribution in [0.2, 0.25) is 0 Å². The first-order valence-corrected chi connectivity index (χ1v) is 8.75. The lowest BCUT2D eigenvalue weighted by Crippen LogP contribution is -2.29. The first-order valence-electron chi connectivity index (χ1n) is 7.76. The van der Waals surface area contributed by atoms with Crippen LogP contribution < -0.4 is 5.32 Å². The molecule has 1 aromatic rings. The molecule has 1 aromatic carbocycles. The second-order valence-corrected chi connectivity index (χ2v) is 6.13. The molecule has 0 aliphatic carbocycles. The van der Waals surface area contributed by atoms with E-state index in [0.29, 0.717) is 4.90 Å². The zero-order chi connectivity index (χ0) is 21.1. The largest absolute Gasteiger partial charge is 0.490 e. The summed E-state index contributed by atoms with van der Waals surface area (Å²) in [7, 11) is 0. The van der Waals surface area contributed by atoms with Gasteiger partial charge in [0.15, 0.2) is 0 Å². The van der Waals surface area contributed by atoms with Crippen molar-refractivity contribution in [2.75, 3.05) is 17.7 Å². The van der Waals surface area contributed by atoms with Gasteiger partial charge in [-0.3, -0.25) is 4.79 Å². The summed E-state index contributed by atoms with van der Waals surface area (Å²) < 4.78 is 75.8. The Hall–Kier alpha value is -1.91. The summed E-state index contributed by atoms with van der Waals surface area (Å²) >= 11 is 0.945. The van der Waals surface area contributed by atoms with Gasteiger partial charge in [-0.25, -0.2) is 4.79 Å². The van der Waals surface area contributed by atoms with Gasteiger partial charge in [-0.2, -0.15) is 26.3 Å². The Labute approximate surface area is 156 Å². The van der Waals surface area contributed by atoms with Crippen molar-refractivity contribution < 1.29 is 40.7 Å². The van der Waals surface area contributed by atoms with E-state index < -0.39 is 30.8 Å². The van der Waals surface area contributed by atoms with Crippen LogP contribution in [0.25, 0.3) is 0 Å². The number of carbonyl (C=O) groups excluding carboxylic acids is 2. The number of benzene rings is 1. The molecule has 0 fully saturated rings. The molecule has 0 atom stereocenters. The number of unbranched alkanes of at least 4 members (excludes halogenated alkanes) is 1. The highest BCUT2D eigenvalue weighted by molar-refractivity contribution is 7.99. The predicted octanol–water partition coefficient (Wildman–Crippen LogP) is 5.19. The van der Waals surface area contributed by atoms with Gasteiger partial charge in [0.1, 0.15) is 6.61 Å². The normalized spacial score (nSPS) is 11.3. The molecule has 27 heavy (non-hydrogen) atoms. The van der Waals surface area contributed by atoms with E-state index in [9.17, 15) is 35.9 Å². The zero-order valence-corrected chi connectivity index (χ0v) is 15.4. The van der Waals surface area contributed by atoms with Crippen LogP contribution in [0.5, 0.6) is 0 Å². The van der Waals surface area contributed by atoms with Crippen LogP contribution in [0.1, 0.15) is 26.7 Å². The van der Waals surface area contributed by atoms with E-state index in [1.54, 1.807) is 5.32 Å². The average Bonchev–Trinajstić information content (AvgIpc) is 2.57. The lowest BCUT2D eigenvalue weighted by molar-refractivity contribution is -0.199. The molecule has 0 unspecified atom stereocenters. The molecule has 4 nitrogen and oxygen atoms in total. The Balaban J connectivity index is 0.00000153. The summed E-state index contributed by atoms with van der Waals surface area (Å²) in [5.74, 6) is -4.50. The highest BCUT2D eigenvalue weighted by atomic mass is 32.2. The van der Waals surface area contributed by atoms with Crippen LogP contribution in [-0.4, -0.2) is 36.6 Å². The minimum absolute atomic E-state index is 0.0432. The topological polar surface area (TPSA) is 55.4 Å². The second kappa shape index (κ2) is 11.7.